The summed E-state index contributed by atoms with van der Waals surface area (Å²) in [6, 6.07) is 5.65. The number of hydrogen-bond donors (Lipinski definition) is 0. The van der Waals surface area contributed by atoms with Crippen molar-refractivity contribution in [3.63, 3.8) is 0 Å². The summed E-state index contributed by atoms with van der Waals surface area (Å²) in [4.78, 5) is 3.02. The SMILES string of the molecule is CC(Br)CC1CCCN1Cc1ccc(F)c(Cl)c1. The molecule has 1 aromatic carbocycles. The van der Waals surface area contributed by atoms with Gasteiger partial charge in [-0.05, 0) is 43.5 Å². The van der Waals surface area contributed by atoms with E-state index in [4.69, 9.17) is 11.6 Å². The molecule has 0 saturated carbocycles. The summed E-state index contributed by atoms with van der Waals surface area (Å²) in [6.45, 7) is 4.18. The molecular formula is C14H18BrClFN. The lowest BCUT2D eigenvalue weighted by Gasteiger charge is -2.25. The minimum absolute atomic E-state index is 0.220. The molecule has 0 bridgehead atoms. The zero-order valence-electron chi connectivity index (χ0n) is 10.5. The summed E-state index contributed by atoms with van der Waals surface area (Å²) in [5.41, 5.74) is 1.09. The molecule has 1 aliphatic heterocycles. The topological polar surface area (TPSA) is 3.24 Å². The highest BCUT2D eigenvalue weighted by molar-refractivity contribution is 9.09. The molecule has 1 saturated heterocycles. The van der Waals surface area contributed by atoms with Crippen LogP contribution in [0, 0.1) is 5.82 Å². The van der Waals surface area contributed by atoms with E-state index in [0.29, 0.717) is 10.9 Å². The molecule has 100 valence electrons. The first-order chi connectivity index (χ1) is 8.56. The number of alkyl halides is 1. The van der Waals surface area contributed by atoms with Crippen LogP contribution < -0.4 is 0 Å². The summed E-state index contributed by atoms with van der Waals surface area (Å²) in [5.74, 6) is -0.340. The average Bonchev–Trinajstić information content (AvgIpc) is 2.70. The Hall–Kier alpha value is -0.120. The van der Waals surface area contributed by atoms with Crippen molar-refractivity contribution in [3.8, 4) is 0 Å². The van der Waals surface area contributed by atoms with Crippen LogP contribution in [0.3, 0.4) is 0 Å². The molecule has 1 aromatic rings. The Balaban J connectivity index is 2.01. The van der Waals surface area contributed by atoms with E-state index in [2.05, 4.69) is 27.8 Å². The molecular weight excluding hydrogens is 317 g/mol. The lowest BCUT2D eigenvalue weighted by molar-refractivity contribution is 0.235. The predicted molar refractivity (Wildman–Crippen MR) is 77.8 cm³/mol. The van der Waals surface area contributed by atoms with Crippen molar-refractivity contribution in [1.82, 2.24) is 4.90 Å². The van der Waals surface area contributed by atoms with E-state index in [-0.39, 0.29) is 10.8 Å². The van der Waals surface area contributed by atoms with Crippen molar-refractivity contribution in [1.29, 1.82) is 0 Å². The van der Waals surface area contributed by atoms with Gasteiger partial charge in [0.1, 0.15) is 5.82 Å². The number of nitrogens with zero attached hydrogens (tertiary/aromatic N) is 1. The molecule has 0 aromatic heterocycles. The Labute approximate surface area is 121 Å². The molecule has 0 radical (unpaired) electrons. The summed E-state index contributed by atoms with van der Waals surface area (Å²) in [6.07, 6.45) is 3.67. The standard InChI is InChI=1S/C14H18BrClFN/c1-10(15)7-12-3-2-6-18(12)9-11-4-5-14(17)13(16)8-11/h4-5,8,10,12H,2-3,6-7,9H2,1H3. The van der Waals surface area contributed by atoms with E-state index in [1.54, 1.807) is 6.07 Å². The molecule has 1 heterocycles. The Morgan fingerprint density at radius 1 is 1.56 bits per heavy atom. The van der Waals surface area contributed by atoms with Gasteiger partial charge in [0.2, 0.25) is 0 Å². The van der Waals surface area contributed by atoms with Crippen LogP contribution in [-0.4, -0.2) is 22.3 Å². The molecule has 18 heavy (non-hydrogen) atoms. The van der Waals surface area contributed by atoms with Gasteiger partial charge in [0, 0.05) is 17.4 Å². The highest BCUT2D eigenvalue weighted by Crippen LogP contribution is 2.26. The van der Waals surface area contributed by atoms with Gasteiger partial charge in [0.05, 0.1) is 5.02 Å². The van der Waals surface area contributed by atoms with Crippen molar-refractivity contribution < 1.29 is 4.39 Å². The van der Waals surface area contributed by atoms with Crippen LogP contribution in [0.5, 0.6) is 0 Å². The van der Waals surface area contributed by atoms with Gasteiger partial charge < -0.3 is 0 Å². The maximum Gasteiger partial charge on any atom is 0.141 e. The Kier molecular flexibility index (Phi) is 5.05. The first kappa shape index (κ1) is 14.3. The van der Waals surface area contributed by atoms with Gasteiger partial charge >= 0.3 is 0 Å². The van der Waals surface area contributed by atoms with Gasteiger partial charge in [-0.15, -0.1) is 0 Å². The van der Waals surface area contributed by atoms with Gasteiger partial charge in [-0.1, -0.05) is 40.5 Å². The van der Waals surface area contributed by atoms with Crippen molar-refractivity contribution in [2.45, 2.75) is 43.6 Å². The van der Waals surface area contributed by atoms with E-state index in [1.165, 1.54) is 18.9 Å². The Morgan fingerprint density at radius 3 is 3.00 bits per heavy atom. The van der Waals surface area contributed by atoms with Crippen LogP contribution in [0.15, 0.2) is 18.2 Å². The fourth-order valence-electron chi connectivity index (χ4n) is 2.62. The summed E-state index contributed by atoms with van der Waals surface area (Å²) < 4.78 is 13.1. The molecule has 1 fully saturated rings. The van der Waals surface area contributed by atoms with E-state index in [1.807, 2.05) is 6.07 Å². The van der Waals surface area contributed by atoms with Crippen molar-refractivity contribution in [3.05, 3.63) is 34.6 Å². The van der Waals surface area contributed by atoms with E-state index >= 15 is 0 Å². The maximum atomic E-state index is 13.1. The molecule has 2 unspecified atom stereocenters. The first-order valence-electron chi connectivity index (χ1n) is 6.38. The molecule has 0 amide bonds. The zero-order valence-corrected chi connectivity index (χ0v) is 12.8. The predicted octanol–water partition coefficient (Wildman–Crippen LogP) is 4.62. The van der Waals surface area contributed by atoms with Gasteiger partial charge in [-0.2, -0.15) is 0 Å². The van der Waals surface area contributed by atoms with Gasteiger partial charge in [0.25, 0.3) is 0 Å². The van der Waals surface area contributed by atoms with E-state index in [0.717, 1.165) is 25.1 Å². The third-order valence-electron chi connectivity index (χ3n) is 3.47. The van der Waals surface area contributed by atoms with Crippen molar-refractivity contribution >= 4 is 27.5 Å². The lowest BCUT2D eigenvalue weighted by Crippen LogP contribution is -2.30. The number of rotatable bonds is 4. The fourth-order valence-corrected chi connectivity index (χ4v) is 3.25. The normalized spacial score (nSPS) is 22.3. The number of likely N-dealkylation sites (tertiary alicyclic amines) is 1. The minimum Gasteiger partial charge on any atom is -0.296 e. The Bertz CT molecular complexity index is 411. The second-order valence-corrected chi connectivity index (χ2v) is 7.00. The summed E-state index contributed by atoms with van der Waals surface area (Å²) in [5, 5.41) is 0.220. The van der Waals surface area contributed by atoms with Crippen molar-refractivity contribution in [2.24, 2.45) is 0 Å². The highest BCUT2D eigenvalue weighted by Gasteiger charge is 2.25. The smallest absolute Gasteiger partial charge is 0.141 e. The average molecular weight is 335 g/mol. The number of halogens is 3. The summed E-state index contributed by atoms with van der Waals surface area (Å²) >= 11 is 9.44. The molecule has 0 spiro atoms. The second kappa shape index (κ2) is 6.36. The second-order valence-electron chi connectivity index (χ2n) is 5.03. The van der Waals surface area contributed by atoms with E-state index in [9.17, 15) is 4.39 Å². The van der Waals surface area contributed by atoms with Crippen LogP contribution >= 0.6 is 27.5 Å². The van der Waals surface area contributed by atoms with Gasteiger partial charge in [-0.25, -0.2) is 4.39 Å². The van der Waals surface area contributed by atoms with Crippen LogP contribution in [0.25, 0.3) is 0 Å². The van der Waals surface area contributed by atoms with Crippen molar-refractivity contribution in [2.75, 3.05) is 6.54 Å². The molecule has 4 heteroatoms. The summed E-state index contributed by atoms with van der Waals surface area (Å²) in [7, 11) is 0. The lowest BCUT2D eigenvalue weighted by atomic mass is 10.1. The number of hydrogen-bond acceptors (Lipinski definition) is 1. The van der Waals surface area contributed by atoms with Crippen LogP contribution in [0.4, 0.5) is 4.39 Å². The quantitative estimate of drug-likeness (QED) is 0.726. The fraction of sp³-hybridized carbons (Fsp3) is 0.571. The third kappa shape index (κ3) is 3.69. The molecule has 2 rings (SSSR count). The monoisotopic (exact) mass is 333 g/mol. The zero-order chi connectivity index (χ0) is 13.1. The van der Waals surface area contributed by atoms with E-state index < -0.39 is 0 Å². The molecule has 0 aliphatic carbocycles. The van der Waals surface area contributed by atoms with Gasteiger partial charge in [0.15, 0.2) is 0 Å². The molecule has 0 N–H and O–H groups in total. The Morgan fingerprint density at radius 2 is 2.33 bits per heavy atom. The highest BCUT2D eigenvalue weighted by atomic mass is 79.9. The van der Waals surface area contributed by atoms with Crippen LogP contribution in [0.1, 0.15) is 31.7 Å². The minimum atomic E-state index is -0.340. The third-order valence-corrected chi connectivity index (χ3v) is 4.13. The first-order valence-corrected chi connectivity index (χ1v) is 7.67. The van der Waals surface area contributed by atoms with Crippen LogP contribution in [0.2, 0.25) is 5.02 Å². The maximum absolute atomic E-state index is 13.1. The molecule has 2 atom stereocenters. The largest absolute Gasteiger partial charge is 0.296 e. The molecule has 1 nitrogen and oxygen atoms in total. The molecule has 1 aliphatic rings. The van der Waals surface area contributed by atoms with Crippen LogP contribution in [-0.2, 0) is 6.54 Å². The van der Waals surface area contributed by atoms with Gasteiger partial charge in [-0.3, -0.25) is 4.90 Å². The number of benzene rings is 1.